The minimum atomic E-state index is -0.284. The molecule has 2 aromatic rings. The van der Waals surface area contributed by atoms with Crippen molar-refractivity contribution >= 4 is 5.69 Å². The number of nitrogens with zero attached hydrogens (tertiary/aromatic N) is 2. The molecular weight excluding hydrogens is 228 g/mol. The lowest BCUT2D eigenvalue weighted by atomic mass is 10.1. The Morgan fingerprint density at radius 1 is 1.28 bits per heavy atom. The van der Waals surface area contributed by atoms with E-state index in [1.165, 1.54) is 0 Å². The molecule has 0 unspecified atom stereocenters. The second kappa shape index (κ2) is 4.33. The number of nitrogens with one attached hydrogen (secondary N) is 1. The number of benzene rings is 1. The number of hydrogen-bond acceptors (Lipinski definition) is 3. The first kappa shape index (κ1) is 12.4. The molecule has 0 atom stereocenters. The highest BCUT2D eigenvalue weighted by molar-refractivity contribution is 5.39. The number of H-pyrrole nitrogens is 1. The minimum Gasteiger partial charge on any atom is -0.399 e. The zero-order valence-electron chi connectivity index (χ0n) is 10.9. The summed E-state index contributed by atoms with van der Waals surface area (Å²) in [6.07, 6.45) is 0.607. The van der Waals surface area contributed by atoms with Crippen molar-refractivity contribution in [3.05, 3.63) is 46.1 Å². The van der Waals surface area contributed by atoms with Gasteiger partial charge in [0.2, 0.25) is 0 Å². The third kappa shape index (κ3) is 2.45. The fourth-order valence-corrected chi connectivity index (χ4v) is 1.96. The van der Waals surface area contributed by atoms with E-state index < -0.39 is 0 Å². The molecule has 0 aliphatic heterocycles. The van der Waals surface area contributed by atoms with Crippen molar-refractivity contribution in [2.75, 3.05) is 5.73 Å². The van der Waals surface area contributed by atoms with Crippen LogP contribution in [0.15, 0.2) is 29.1 Å². The van der Waals surface area contributed by atoms with E-state index in [4.69, 9.17) is 5.73 Å². The lowest BCUT2D eigenvalue weighted by molar-refractivity contribution is 0.373. The van der Waals surface area contributed by atoms with Crippen molar-refractivity contribution in [2.24, 2.45) is 0 Å². The third-order valence-corrected chi connectivity index (χ3v) is 2.75. The zero-order chi connectivity index (χ0) is 13.3. The molecule has 5 heteroatoms. The molecule has 2 rings (SSSR count). The maximum atomic E-state index is 11.8. The van der Waals surface area contributed by atoms with Crippen molar-refractivity contribution in [3.63, 3.8) is 0 Å². The SMILES string of the molecule is CC(C)(C)n1c(Cc2ccc(N)cc2)n[nH]c1=O. The molecule has 5 nitrogen and oxygen atoms in total. The van der Waals surface area contributed by atoms with Crippen LogP contribution in [0.2, 0.25) is 0 Å². The fraction of sp³-hybridized carbons (Fsp3) is 0.385. The van der Waals surface area contributed by atoms with Crippen LogP contribution in [0.5, 0.6) is 0 Å². The molecule has 0 saturated carbocycles. The molecule has 0 amide bonds. The van der Waals surface area contributed by atoms with E-state index in [9.17, 15) is 4.79 Å². The minimum absolute atomic E-state index is 0.173. The summed E-state index contributed by atoms with van der Waals surface area (Å²) in [5, 5.41) is 6.60. The van der Waals surface area contributed by atoms with Crippen LogP contribution < -0.4 is 11.4 Å². The van der Waals surface area contributed by atoms with Crippen LogP contribution >= 0.6 is 0 Å². The normalized spacial score (nSPS) is 11.7. The Kier molecular flexibility index (Phi) is 2.98. The Morgan fingerprint density at radius 3 is 2.44 bits per heavy atom. The standard InChI is InChI=1S/C13H18N4O/c1-13(2,3)17-11(15-16-12(17)18)8-9-4-6-10(14)7-5-9/h4-7H,8,14H2,1-3H3,(H,16,18). The molecule has 0 fully saturated rings. The average Bonchev–Trinajstić information content (AvgIpc) is 2.63. The highest BCUT2D eigenvalue weighted by atomic mass is 16.1. The van der Waals surface area contributed by atoms with Gasteiger partial charge in [0.15, 0.2) is 0 Å². The number of nitrogens with two attached hydrogens (primary N) is 1. The van der Waals surface area contributed by atoms with Gasteiger partial charge < -0.3 is 5.73 Å². The van der Waals surface area contributed by atoms with E-state index >= 15 is 0 Å². The summed E-state index contributed by atoms with van der Waals surface area (Å²) in [5.74, 6) is 0.734. The molecule has 18 heavy (non-hydrogen) atoms. The lowest BCUT2D eigenvalue weighted by Gasteiger charge is -2.21. The van der Waals surface area contributed by atoms with Crippen molar-refractivity contribution < 1.29 is 0 Å². The van der Waals surface area contributed by atoms with Gasteiger partial charge in [-0.3, -0.25) is 4.57 Å². The summed E-state index contributed by atoms with van der Waals surface area (Å²) in [5.41, 5.74) is 7.00. The predicted octanol–water partition coefficient (Wildman–Crippen LogP) is 1.50. The maximum absolute atomic E-state index is 11.8. The first-order valence-electron chi connectivity index (χ1n) is 5.89. The molecule has 0 aliphatic rings. The Bertz CT molecular complexity index is 587. The van der Waals surface area contributed by atoms with Gasteiger partial charge in [-0.05, 0) is 38.5 Å². The summed E-state index contributed by atoms with van der Waals surface area (Å²) < 4.78 is 1.68. The number of anilines is 1. The number of aromatic amines is 1. The quantitative estimate of drug-likeness (QED) is 0.788. The molecule has 96 valence electrons. The second-order valence-corrected chi connectivity index (χ2v) is 5.37. The van der Waals surface area contributed by atoms with E-state index in [0.717, 1.165) is 17.1 Å². The van der Waals surface area contributed by atoms with Gasteiger partial charge in [-0.2, -0.15) is 5.10 Å². The van der Waals surface area contributed by atoms with E-state index in [-0.39, 0.29) is 11.2 Å². The molecular formula is C13H18N4O. The Labute approximate surface area is 106 Å². The van der Waals surface area contributed by atoms with Gasteiger partial charge in [-0.1, -0.05) is 12.1 Å². The molecule has 3 N–H and O–H groups in total. The second-order valence-electron chi connectivity index (χ2n) is 5.37. The molecule has 0 bridgehead atoms. The Morgan fingerprint density at radius 2 is 1.89 bits per heavy atom. The summed E-state index contributed by atoms with van der Waals surface area (Å²) in [4.78, 5) is 11.8. The predicted molar refractivity (Wildman–Crippen MR) is 71.5 cm³/mol. The van der Waals surface area contributed by atoms with Crippen LogP contribution in [-0.4, -0.2) is 14.8 Å². The molecule has 0 aliphatic carbocycles. The van der Waals surface area contributed by atoms with Gasteiger partial charge in [0.25, 0.3) is 0 Å². The third-order valence-electron chi connectivity index (χ3n) is 2.75. The number of nitrogen functional groups attached to an aromatic ring is 1. The van der Waals surface area contributed by atoms with Gasteiger partial charge in [-0.25, -0.2) is 9.89 Å². The van der Waals surface area contributed by atoms with E-state index in [1.54, 1.807) is 4.57 Å². The molecule has 0 radical (unpaired) electrons. The zero-order valence-corrected chi connectivity index (χ0v) is 10.9. The molecule has 0 spiro atoms. The maximum Gasteiger partial charge on any atom is 0.343 e. The molecule has 1 aromatic carbocycles. The molecule has 0 saturated heterocycles. The smallest absolute Gasteiger partial charge is 0.343 e. The average molecular weight is 246 g/mol. The fourth-order valence-electron chi connectivity index (χ4n) is 1.96. The number of rotatable bonds is 2. The highest BCUT2D eigenvalue weighted by Gasteiger charge is 2.20. The summed E-state index contributed by atoms with van der Waals surface area (Å²) in [7, 11) is 0. The van der Waals surface area contributed by atoms with Crippen LogP contribution in [0.25, 0.3) is 0 Å². The first-order valence-corrected chi connectivity index (χ1v) is 5.89. The Hall–Kier alpha value is -2.04. The number of hydrogen-bond donors (Lipinski definition) is 2. The van der Waals surface area contributed by atoms with Gasteiger partial charge in [-0.15, -0.1) is 0 Å². The largest absolute Gasteiger partial charge is 0.399 e. The van der Waals surface area contributed by atoms with Gasteiger partial charge >= 0.3 is 5.69 Å². The van der Waals surface area contributed by atoms with Crippen LogP contribution in [0.1, 0.15) is 32.2 Å². The van der Waals surface area contributed by atoms with E-state index in [2.05, 4.69) is 10.2 Å². The monoisotopic (exact) mass is 246 g/mol. The van der Waals surface area contributed by atoms with Crippen LogP contribution in [0.4, 0.5) is 5.69 Å². The Balaban J connectivity index is 2.36. The van der Waals surface area contributed by atoms with Crippen LogP contribution in [-0.2, 0) is 12.0 Å². The van der Waals surface area contributed by atoms with Crippen LogP contribution in [0, 0.1) is 0 Å². The van der Waals surface area contributed by atoms with E-state index in [0.29, 0.717) is 6.42 Å². The van der Waals surface area contributed by atoms with Crippen molar-refractivity contribution in [3.8, 4) is 0 Å². The topological polar surface area (TPSA) is 76.7 Å². The van der Waals surface area contributed by atoms with Crippen molar-refractivity contribution in [1.29, 1.82) is 0 Å². The summed E-state index contributed by atoms with van der Waals surface area (Å²) >= 11 is 0. The molecule has 1 aromatic heterocycles. The molecule has 1 heterocycles. The summed E-state index contributed by atoms with van der Waals surface area (Å²) in [6, 6.07) is 7.59. The van der Waals surface area contributed by atoms with Crippen LogP contribution in [0.3, 0.4) is 0 Å². The summed E-state index contributed by atoms with van der Waals surface area (Å²) in [6.45, 7) is 5.95. The van der Waals surface area contributed by atoms with Gasteiger partial charge in [0, 0.05) is 17.6 Å². The van der Waals surface area contributed by atoms with Crippen molar-refractivity contribution in [1.82, 2.24) is 14.8 Å². The van der Waals surface area contributed by atoms with Crippen molar-refractivity contribution in [2.45, 2.75) is 32.7 Å². The lowest BCUT2D eigenvalue weighted by Crippen LogP contribution is -2.33. The van der Waals surface area contributed by atoms with Gasteiger partial charge in [0.1, 0.15) is 5.82 Å². The first-order chi connectivity index (χ1) is 8.38. The number of aromatic nitrogens is 3. The highest BCUT2D eigenvalue weighted by Crippen LogP contribution is 2.15. The van der Waals surface area contributed by atoms with Gasteiger partial charge in [0.05, 0.1) is 0 Å². The van der Waals surface area contributed by atoms with E-state index in [1.807, 2.05) is 45.0 Å².